The summed E-state index contributed by atoms with van der Waals surface area (Å²) in [6, 6.07) is 12.9. The topological polar surface area (TPSA) is 108 Å². The van der Waals surface area contributed by atoms with Gasteiger partial charge in [-0.1, -0.05) is 6.07 Å². The molecular formula is C24H18F4N6O2S. The maximum absolute atomic E-state index is 13.6. The Morgan fingerprint density at radius 2 is 1.68 bits per heavy atom. The number of benzene rings is 2. The number of nitrogens with zero attached hydrogens (tertiary/aromatic N) is 2. The van der Waals surface area contributed by atoms with Gasteiger partial charge in [-0.3, -0.25) is 9.59 Å². The van der Waals surface area contributed by atoms with Gasteiger partial charge in [-0.15, -0.1) is 11.3 Å². The highest BCUT2D eigenvalue weighted by Gasteiger charge is 2.35. The third-order valence-electron chi connectivity index (χ3n) is 4.95. The van der Waals surface area contributed by atoms with Crippen molar-refractivity contribution < 1.29 is 27.2 Å². The maximum atomic E-state index is 13.6. The highest BCUT2D eigenvalue weighted by atomic mass is 32.1. The van der Waals surface area contributed by atoms with E-state index in [4.69, 9.17) is 0 Å². The maximum Gasteiger partial charge on any atom is 0.421 e. The fraction of sp³-hybridized carbons (Fsp3) is 0.0833. The third kappa shape index (κ3) is 6.19. The summed E-state index contributed by atoms with van der Waals surface area (Å²) in [5.41, 5.74) is 0.0478. The molecule has 0 radical (unpaired) electrons. The van der Waals surface area contributed by atoms with Gasteiger partial charge in [0, 0.05) is 30.2 Å². The molecule has 8 nitrogen and oxygen atoms in total. The van der Waals surface area contributed by atoms with E-state index in [-0.39, 0.29) is 22.1 Å². The molecule has 0 bridgehead atoms. The van der Waals surface area contributed by atoms with E-state index in [1.54, 1.807) is 29.6 Å². The summed E-state index contributed by atoms with van der Waals surface area (Å²) in [5, 5.41) is 12.2. The first-order valence-corrected chi connectivity index (χ1v) is 11.5. The summed E-state index contributed by atoms with van der Waals surface area (Å²) in [5.74, 6) is -2.18. The lowest BCUT2D eigenvalue weighted by Crippen LogP contribution is -2.18. The van der Waals surface area contributed by atoms with Gasteiger partial charge in [-0.05, 0) is 53.9 Å². The number of rotatable bonds is 7. The average Bonchev–Trinajstić information content (AvgIpc) is 3.32. The van der Waals surface area contributed by atoms with Gasteiger partial charge in [0.2, 0.25) is 5.95 Å². The summed E-state index contributed by atoms with van der Waals surface area (Å²) < 4.78 is 54.1. The van der Waals surface area contributed by atoms with Crippen LogP contribution >= 0.6 is 11.3 Å². The molecule has 2 aromatic heterocycles. The molecule has 0 fully saturated rings. The van der Waals surface area contributed by atoms with Gasteiger partial charge in [0.1, 0.15) is 22.2 Å². The summed E-state index contributed by atoms with van der Waals surface area (Å²) in [6.07, 6.45) is -4.11. The Hall–Kier alpha value is -4.52. The van der Waals surface area contributed by atoms with E-state index >= 15 is 0 Å². The van der Waals surface area contributed by atoms with Crippen LogP contribution in [0, 0.1) is 5.82 Å². The molecule has 0 saturated heterocycles. The van der Waals surface area contributed by atoms with E-state index in [0.29, 0.717) is 17.6 Å². The summed E-state index contributed by atoms with van der Waals surface area (Å²) in [6.45, 7) is 0. The number of nitrogens with one attached hydrogen (secondary N) is 4. The van der Waals surface area contributed by atoms with Crippen LogP contribution in [0.1, 0.15) is 26.3 Å². The van der Waals surface area contributed by atoms with Crippen LogP contribution in [-0.2, 0) is 6.18 Å². The molecule has 0 spiro atoms. The molecule has 2 amide bonds. The largest absolute Gasteiger partial charge is 0.421 e. The van der Waals surface area contributed by atoms with Crippen LogP contribution < -0.4 is 21.3 Å². The first-order chi connectivity index (χ1) is 17.6. The fourth-order valence-corrected chi connectivity index (χ4v) is 3.95. The normalized spacial score (nSPS) is 11.1. The lowest BCUT2D eigenvalue weighted by Gasteiger charge is -2.15. The zero-order chi connectivity index (χ0) is 26.6. The van der Waals surface area contributed by atoms with Crippen molar-refractivity contribution in [2.24, 2.45) is 0 Å². The number of thiophene rings is 1. The molecule has 13 heteroatoms. The van der Waals surface area contributed by atoms with E-state index in [0.717, 1.165) is 17.4 Å². The third-order valence-corrected chi connectivity index (χ3v) is 5.78. The lowest BCUT2D eigenvalue weighted by atomic mass is 10.2. The monoisotopic (exact) mass is 530 g/mol. The van der Waals surface area contributed by atoms with Gasteiger partial charge < -0.3 is 21.3 Å². The summed E-state index contributed by atoms with van der Waals surface area (Å²) in [4.78, 5) is 32.0. The van der Waals surface area contributed by atoms with Gasteiger partial charge in [0.05, 0.1) is 5.56 Å². The molecule has 0 atom stereocenters. The number of amides is 2. The zero-order valence-corrected chi connectivity index (χ0v) is 19.8. The van der Waals surface area contributed by atoms with Crippen molar-refractivity contribution in [1.82, 2.24) is 15.3 Å². The van der Waals surface area contributed by atoms with Crippen LogP contribution in [-0.4, -0.2) is 28.8 Å². The van der Waals surface area contributed by atoms with Gasteiger partial charge in [-0.2, -0.15) is 18.2 Å². The predicted octanol–water partition coefficient (Wildman–Crippen LogP) is 5.80. The van der Waals surface area contributed by atoms with Crippen molar-refractivity contribution in [3.05, 3.63) is 88.7 Å². The van der Waals surface area contributed by atoms with Crippen LogP contribution in [0.15, 0.2) is 66.2 Å². The van der Waals surface area contributed by atoms with Gasteiger partial charge >= 0.3 is 6.18 Å². The molecule has 0 saturated carbocycles. The molecule has 0 aliphatic rings. The van der Waals surface area contributed by atoms with E-state index in [1.807, 2.05) is 0 Å². The Labute approximate surface area is 211 Å². The lowest BCUT2D eigenvalue weighted by molar-refractivity contribution is -0.137. The number of carbonyl (C=O) groups excluding carboxylic acids is 2. The second kappa shape index (κ2) is 10.6. The highest BCUT2D eigenvalue weighted by molar-refractivity contribution is 7.14. The van der Waals surface area contributed by atoms with E-state index < -0.39 is 35.2 Å². The number of aromatic nitrogens is 2. The fourth-order valence-electron chi connectivity index (χ4n) is 3.17. The second-order valence-electron chi connectivity index (χ2n) is 7.49. The quantitative estimate of drug-likeness (QED) is 0.225. The minimum atomic E-state index is -4.74. The molecule has 2 aromatic carbocycles. The second-order valence-corrected chi connectivity index (χ2v) is 8.40. The van der Waals surface area contributed by atoms with E-state index in [1.165, 1.54) is 31.3 Å². The minimum Gasteiger partial charge on any atom is -0.355 e. The molecule has 37 heavy (non-hydrogen) atoms. The zero-order valence-electron chi connectivity index (χ0n) is 19.0. The Morgan fingerprint density at radius 3 is 2.35 bits per heavy atom. The number of halogens is 4. The predicted molar refractivity (Wildman–Crippen MR) is 132 cm³/mol. The molecule has 2 heterocycles. The Kier molecular flexibility index (Phi) is 7.34. The molecule has 190 valence electrons. The van der Waals surface area contributed by atoms with E-state index in [9.17, 15) is 27.2 Å². The molecule has 4 N–H and O–H groups in total. The van der Waals surface area contributed by atoms with Crippen molar-refractivity contribution in [1.29, 1.82) is 0 Å². The first-order valence-electron chi connectivity index (χ1n) is 10.6. The van der Waals surface area contributed by atoms with Crippen molar-refractivity contribution in [2.75, 3.05) is 23.0 Å². The number of hydrogen-bond donors (Lipinski definition) is 4. The van der Waals surface area contributed by atoms with Crippen molar-refractivity contribution in [2.45, 2.75) is 6.18 Å². The molecule has 0 unspecified atom stereocenters. The minimum absolute atomic E-state index is 0.134. The highest BCUT2D eigenvalue weighted by Crippen LogP contribution is 2.37. The van der Waals surface area contributed by atoms with Gasteiger partial charge in [0.25, 0.3) is 11.8 Å². The van der Waals surface area contributed by atoms with Crippen LogP contribution in [0.25, 0.3) is 0 Å². The first kappa shape index (κ1) is 25.6. The van der Waals surface area contributed by atoms with Crippen LogP contribution in [0.2, 0.25) is 0 Å². The number of alkyl halides is 3. The smallest absolute Gasteiger partial charge is 0.355 e. The molecule has 4 rings (SSSR count). The molecule has 4 aromatic rings. The van der Waals surface area contributed by atoms with Crippen molar-refractivity contribution in [3.63, 3.8) is 0 Å². The molecule has 0 aliphatic heterocycles. The van der Waals surface area contributed by atoms with Crippen LogP contribution in [0.5, 0.6) is 0 Å². The van der Waals surface area contributed by atoms with E-state index in [2.05, 4.69) is 31.2 Å². The number of carbonyl (C=O) groups is 2. The number of hydrogen-bond acceptors (Lipinski definition) is 7. The Morgan fingerprint density at radius 1 is 0.946 bits per heavy atom. The Balaban J connectivity index is 1.52. The van der Waals surface area contributed by atoms with Crippen LogP contribution in [0.3, 0.4) is 0 Å². The van der Waals surface area contributed by atoms with Crippen molar-refractivity contribution in [3.8, 4) is 0 Å². The Bertz CT molecular complexity index is 1440. The molecular weight excluding hydrogens is 512 g/mol. The summed E-state index contributed by atoms with van der Waals surface area (Å²) in [7, 11) is 1.41. The SMILES string of the molecule is CNC(=O)c1ccsc1Nc1nc(Nc2ccc(NC(=O)c3cccc(F)c3)cc2)ncc1C(F)(F)F. The van der Waals surface area contributed by atoms with Gasteiger partial charge in [-0.25, -0.2) is 9.37 Å². The average molecular weight is 531 g/mol. The number of anilines is 5. The molecule has 0 aliphatic carbocycles. The summed E-state index contributed by atoms with van der Waals surface area (Å²) >= 11 is 1.05. The van der Waals surface area contributed by atoms with Gasteiger partial charge in [0.15, 0.2) is 0 Å². The standard InChI is InChI=1S/C24H18F4N6O2S/c1-29-21(36)17-9-10-37-22(17)33-19-18(24(26,27)28)12-30-23(34-19)32-16-7-5-15(6-8-16)31-20(35)13-3-2-4-14(25)11-13/h2-12H,1H3,(H,29,36)(H,31,35)(H2,30,32,33,34). The van der Waals surface area contributed by atoms with Crippen LogP contribution in [0.4, 0.5) is 45.7 Å². The van der Waals surface area contributed by atoms with Crippen molar-refractivity contribution >= 4 is 51.3 Å².